The number of hydrogen-bond donors (Lipinski definition) is 1. The molecular weight excluding hydrogens is 306 g/mol. The average molecular weight is 322 g/mol. The van der Waals surface area contributed by atoms with Gasteiger partial charge in [-0.05, 0) is 18.1 Å². The van der Waals surface area contributed by atoms with Crippen LogP contribution in [-0.4, -0.2) is 22.8 Å². The number of benzene rings is 1. The minimum Gasteiger partial charge on any atom is -0.491 e. The van der Waals surface area contributed by atoms with Gasteiger partial charge in [-0.25, -0.2) is 4.68 Å². The highest BCUT2D eigenvalue weighted by atomic mass is 35.5. The van der Waals surface area contributed by atoms with E-state index in [9.17, 15) is 9.59 Å². The van der Waals surface area contributed by atoms with Crippen LogP contribution in [0.3, 0.4) is 0 Å². The van der Waals surface area contributed by atoms with Crippen molar-refractivity contribution in [3.05, 3.63) is 51.4 Å². The van der Waals surface area contributed by atoms with E-state index < -0.39 is 5.56 Å². The van der Waals surface area contributed by atoms with E-state index in [4.69, 9.17) is 16.3 Å². The molecule has 1 aromatic carbocycles. The predicted molar refractivity (Wildman–Crippen MR) is 84.5 cm³/mol. The lowest BCUT2D eigenvalue weighted by molar-refractivity contribution is -0.117. The van der Waals surface area contributed by atoms with Gasteiger partial charge in [0.25, 0.3) is 0 Å². The van der Waals surface area contributed by atoms with Crippen LogP contribution < -0.4 is 15.6 Å². The molecule has 0 aliphatic carbocycles. The van der Waals surface area contributed by atoms with Crippen LogP contribution in [0, 0.1) is 0 Å². The zero-order chi connectivity index (χ0) is 16.1. The van der Waals surface area contributed by atoms with Crippen LogP contribution in [0.1, 0.15) is 12.5 Å². The molecule has 6 nitrogen and oxygen atoms in total. The Labute approximate surface area is 132 Å². The molecule has 0 radical (unpaired) electrons. The molecule has 0 atom stereocenters. The molecule has 0 unspecified atom stereocenters. The fourth-order valence-electron chi connectivity index (χ4n) is 2.02. The van der Waals surface area contributed by atoms with Crippen LogP contribution in [0.5, 0.6) is 5.75 Å². The first-order chi connectivity index (χ1) is 10.5. The summed E-state index contributed by atoms with van der Waals surface area (Å²) in [6.45, 7) is 1.76. The van der Waals surface area contributed by atoms with Gasteiger partial charge in [-0.1, -0.05) is 36.7 Å². The third-order valence-electron chi connectivity index (χ3n) is 3.10. The number of nitrogens with one attached hydrogen (secondary N) is 1. The molecule has 2 aromatic rings. The van der Waals surface area contributed by atoms with Crippen molar-refractivity contribution in [1.82, 2.24) is 9.78 Å². The Hall–Kier alpha value is -2.34. The molecule has 7 heteroatoms. The minimum absolute atomic E-state index is 0.0433. The molecular formula is C15H16ClN3O3. The van der Waals surface area contributed by atoms with Crippen molar-refractivity contribution in [2.45, 2.75) is 19.9 Å². The largest absolute Gasteiger partial charge is 0.491 e. The number of para-hydroxylation sites is 1. The number of anilines is 1. The van der Waals surface area contributed by atoms with E-state index in [1.165, 1.54) is 13.2 Å². The summed E-state index contributed by atoms with van der Waals surface area (Å²) >= 11 is 5.81. The van der Waals surface area contributed by atoms with Crippen molar-refractivity contribution in [2.75, 3.05) is 12.4 Å². The second-order valence-corrected chi connectivity index (χ2v) is 4.94. The van der Waals surface area contributed by atoms with Crippen molar-refractivity contribution in [3.63, 3.8) is 0 Å². The van der Waals surface area contributed by atoms with Gasteiger partial charge in [0.1, 0.15) is 6.54 Å². The fraction of sp³-hybridized carbons (Fsp3) is 0.267. The lowest BCUT2D eigenvalue weighted by Gasteiger charge is -2.11. The van der Waals surface area contributed by atoms with E-state index in [0.717, 1.165) is 22.4 Å². The summed E-state index contributed by atoms with van der Waals surface area (Å²) in [5, 5.41) is 6.69. The molecule has 0 spiro atoms. The molecule has 1 heterocycles. The number of amides is 1. The number of aromatic nitrogens is 2. The van der Waals surface area contributed by atoms with Crippen LogP contribution in [-0.2, 0) is 17.8 Å². The van der Waals surface area contributed by atoms with Gasteiger partial charge in [0.2, 0.25) is 5.91 Å². The maximum absolute atomic E-state index is 12.1. The van der Waals surface area contributed by atoms with Crippen molar-refractivity contribution in [1.29, 1.82) is 0 Å². The van der Waals surface area contributed by atoms with Crippen LogP contribution in [0.15, 0.2) is 35.1 Å². The van der Waals surface area contributed by atoms with E-state index >= 15 is 0 Å². The van der Waals surface area contributed by atoms with Gasteiger partial charge in [0, 0.05) is 11.8 Å². The SMILES string of the molecule is CCc1ccccc1NC(=O)Cn1nc(Cl)cc(OC)c1=O. The first kappa shape index (κ1) is 16.0. The molecule has 22 heavy (non-hydrogen) atoms. The van der Waals surface area contributed by atoms with Gasteiger partial charge in [-0.15, -0.1) is 0 Å². The summed E-state index contributed by atoms with van der Waals surface area (Å²) in [5.41, 5.74) is 1.22. The van der Waals surface area contributed by atoms with E-state index in [1.54, 1.807) is 0 Å². The standard InChI is InChI=1S/C15H16ClN3O3/c1-3-10-6-4-5-7-11(10)17-14(20)9-19-15(21)12(22-2)8-13(16)18-19/h4-8H,3,9H2,1-2H3,(H,17,20). The van der Waals surface area contributed by atoms with Gasteiger partial charge < -0.3 is 10.1 Å². The molecule has 1 amide bonds. The number of nitrogens with zero attached hydrogens (tertiary/aromatic N) is 2. The highest BCUT2D eigenvalue weighted by Gasteiger charge is 2.12. The molecule has 1 aromatic heterocycles. The van der Waals surface area contributed by atoms with Gasteiger partial charge in [0.05, 0.1) is 7.11 Å². The summed E-state index contributed by atoms with van der Waals surface area (Å²) in [5.74, 6) is -0.318. The Balaban J connectivity index is 2.19. The fourth-order valence-corrected chi connectivity index (χ4v) is 2.21. The third-order valence-corrected chi connectivity index (χ3v) is 3.28. The van der Waals surface area contributed by atoms with Crippen molar-refractivity contribution >= 4 is 23.2 Å². The number of methoxy groups -OCH3 is 1. The summed E-state index contributed by atoms with van der Waals surface area (Å²) in [6.07, 6.45) is 0.791. The lowest BCUT2D eigenvalue weighted by Crippen LogP contribution is -2.30. The summed E-state index contributed by atoms with van der Waals surface area (Å²) in [4.78, 5) is 24.1. The third kappa shape index (κ3) is 3.65. The van der Waals surface area contributed by atoms with Crippen LogP contribution in [0.25, 0.3) is 0 Å². The Bertz CT molecular complexity index is 743. The Morgan fingerprint density at radius 1 is 1.41 bits per heavy atom. The second-order valence-electron chi connectivity index (χ2n) is 4.56. The molecule has 0 saturated heterocycles. The predicted octanol–water partition coefficient (Wildman–Crippen LogP) is 2.11. The summed E-state index contributed by atoms with van der Waals surface area (Å²) in [6, 6.07) is 8.79. The molecule has 0 fully saturated rings. The maximum atomic E-state index is 12.1. The van der Waals surface area contributed by atoms with Crippen LogP contribution >= 0.6 is 11.6 Å². The Kier molecular flexibility index (Phi) is 5.16. The first-order valence-corrected chi connectivity index (χ1v) is 7.12. The number of carbonyl (C=O) groups is 1. The molecule has 0 bridgehead atoms. The molecule has 2 rings (SSSR count). The molecule has 0 aliphatic rings. The molecule has 0 aliphatic heterocycles. The number of halogens is 1. The summed E-state index contributed by atoms with van der Waals surface area (Å²) in [7, 11) is 1.36. The monoisotopic (exact) mass is 321 g/mol. The smallest absolute Gasteiger partial charge is 0.309 e. The number of carbonyl (C=O) groups excluding carboxylic acids is 1. The lowest BCUT2D eigenvalue weighted by atomic mass is 10.1. The zero-order valence-electron chi connectivity index (χ0n) is 12.3. The number of ether oxygens (including phenoxy) is 1. The van der Waals surface area contributed by atoms with E-state index in [2.05, 4.69) is 10.4 Å². The molecule has 116 valence electrons. The van der Waals surface area contributed by atoms with E-state index in [1.807, 2.05) is 31.2 Å². The van der Waals surface area contributed by atoms with Gasteiger partial charge in [-0.3, -0.25) is 9.59 Å². The van der Waals surface area contributed by atoms with Crippen molar-refractivity contribution in [2.24, 2.45) is 0 Å². The van der Waals surface area contributed by atoms with Crippen LogP contribution in [0.4, 0.5) is 5.69 Å². The molecule has 1 N–H and O–H groups in total. The zero-order valence-corrected chi connectivity index (χ0v) is 13.1. The number of hydrogen-bond acceptors (Lipinski definition) is 4. The Morgan fingerprint density at radius 2 is 2.14 bits per heavy atom. The number of rotatable bonds is 5. The normalized spacial score (nSPS) is 10.3. The maximum Gasteiger partial charge on any atom is 0.309 e. The minimum atomic E-state index is -0.508. The van der Waals surface area contributed by atoms with Crippen molar-refractivity contribution in [3.8, 4) is 5.75 Å². The average Bonchev–Trinajstić information content (AvgIpc) is 2.51. The van der Waals surface area contributed by atoms with Crippen molar-refractivity contribution < 1.29 is 9.53 Å². The molecule has 0 saturated carbocycles. The van der Waals surface area contributed by atoms with Gasteiger partial charge in [0.15, 0.2) is 10.9 Å². The number of aryl methyl sites for hydroxylation is 1. The van der Waals surface area contributed by atoms with Crippen LogP contribution in [0.2, 0.25) is 5.15 Å². The second kappa shape index (κ2) is 7.09. The van der Waals surface area contributed by atoms with Gasteiger partial charge in [-0.2, -0.15) is 5.10 Å². The summed E-state index contributed by atoms with van der Waals surface area (Å²) < 4.78 is 5.89. The topological polar surface area (TPSA) is 73.2 Å². The highest BCUT2D eigenvalue weighted by Crippen LogP contribution is 2.15. The van der Waals surface area contributed by atoms with E-state index in [0.29, 0.717) is 0 Å². The van der Waals surface area contributed by atoms with Gasteiger partial charge >= 0.3 is 5.56 Å². The first-order valence-electron chi connectivity index (χ1n) is 6.74. The van der Waals surface area contributed by atoms with E-state index in [-0.39, 0.29) is 23.4 Å². The Morgan fingerprint density at radius 3 is 2.82 bits per heavy atom. The quantitative estimate of drug-likeness (QED) is 0.915. The highest BCUT2D eigenvalue weighted by molar-refractivity contribution is 6.29.